The Balaban J connectivity index is 2.14. The topological polar surface area (TPSA) is 101 Å². The first-order valence-corrected chi connectivity index (χ1v) is 5.95. The highest BCUT2D eigenvalue weighted by Crippen LogP contribution is 2.15. The Morgan fingerprint density at radius 2 is 2.14 bits per heavy atom. The number of nitrogens with one attached hydrogen (secondary N) is 1. The standard InChI is InChI=1S/C14H11FN4O2/c15-11-5-9(6-16)1-3-12(11)18-13(20)8-19-7-10(17)2-4-14(19)21/h1-5,7H,8,17H2,(H,18,20). The molecule has 1 heterocycles. The SMILES string of the molecule is N#Cc1ccc(NC(=O)Cn2cc(N)ccc2=O)c(F)c1. The molecule has 6 nitrogen and oxygen atoms in total. The van der Waals surface area contributed by atoms with Gasteiger partial charge in [0.15, 0.2) is 0 Å². The molecule has 7 heteroatoms. The molecule has 1 aromatic carbocycles. The molecular formula is C14H11FN4O2. The van der Waals surface area contributed by atoms with Crippen molar-refractivity contribution in [2.45, 2.75) is 6.54 Å². The molecule has 0 saturated heterocycles. The first kappa shape index (κ1) is 14.3. The van der Waals surface area contributed by atoms with Crippen LogP contribution in [-0.2, 0) is 11.3 Å². The lowest BCUT2D eigenvalue weighted by Gasteiger charge is -2.08. The number of hydrogen-bond acceptors (Lipinski definition) is 4. The number of benzene rings is 1. The minimum atomic E-state index is -0.720. The molecule has 2 rings (SSSR count). The predicted octanol–water partition coefficient (Wildman–Crippen LogP) is 1.08. The van der Waals surface area contributed by atoms with Gasteiger partial charge in [0.2, 0.25) is 5.91 Å². The van der Waals surface area contributed by atoms with Crippen LogP contribution in [0.25, 0.3) is 0 Å². The third-order valence-electron chi connectivity index (χ3n) is 2.69. The Morgan fingerprint density at radius 1 is 1.38 bits per heavy atom. The lowest BCUT2D eigenvalue weighted by Crippen LogP contribution is -2.27. The number of nitriles is 1. The van der Waals surface area contributed by atoms with E-state index in [0.717, 1.165) is 10.6 Å². The molecule has 0 unspecified atom stereocenters. The van der Waals surface area contributed by atoms with Gasteiger partial charge in [-0.25, -0.2) is 4.39 Å². The van der Waals surface area contributed by atoms with Gasteiger partial charge in [-0.2, -0.15) is 5.26 Å². The number of halogens is 1. The van der Waals surface area contributed by atoms with Crippen molar-refractivity contribution in [3.05, 3.63) is 58.3 Å². The molecule has 21 heavy (non-hydrogen) atoms. The maximum Gasteiger partial charge on any atom is 0.251 e. The Bertz CT molecular complexity index is 792. The van der Waals surface area contributed by atoms with Gasteiger partial charge in [-0.05, 0) is 24.3 Å². The molecule has 0 radical (unpaired) electrons. The fourth-order valence-corrected chi connectivity index (χ4v) is 1.70. The van der Waals surface area contributed by atoms with Gasteiger partial charge in [0, 0.05) is 18.0 Å². The minimum Gasteiger partial charge on any atom is -0.398 e. The number of nitrogens with zero attached hydrogens (tertiary/aromatic N) is 2. The summed E-state index contributed by atoms with van der Waals surface area (Å²) in [4.78, 5) is 23.3. The Kier molecular flexibility index (Phi) is 4.00. The zero-order valence-corrected chi connectivity index (χ0v) is 10.8. The van der Waals surface area contributed by atoms with Gasteiger partial charge in [-0.3, -0.25) is 9.59 Å². The zero-order valence-electron chi connectivity index (χ0n) is 10.8. The molecule has 0 aliphatic rings. The zero-order chi connectivity index (χ0) is 15.4. The van der Waals surface area contributed by atoms with Crippen molar-refractivity contribution >= 4 is 17.3 Å². The normalized spacial score (nSPS) is 9.90. The van der Waals surface area contributed by atoms with Crippen molar-refractivity contribution in [1.82, 2.24) is 4.57 Å². The first-order valence-electron chi connectivity index (χ1n) is 5.95. The van der Waals surface area contributed by atoms with E-state index >= 15 is 0 Å². The molecule has 1 amide bonds. The van der Waals surface area contributed by atoms with E-state index in [-0.39, 0.29) is 23.4 Å². The van der Waals surface area contributed by atoms with E-state index in [1.165, 1.54) is 30.5 Å². The number of nitrogens with two attached hydrogens (primary N) is 1. The van der Waals surface area contributed by atoms with E-state index in [0.29, 0.717) is 5.69 Å². The largest absolute Gasteiger partial charge is 0.398 e. The van der Waals surface area contributed by atoms with Crippen molar-refractivity contribution < 1.29 is 9.18 Å². The molecular weight excluding hydrogens is 275 g/mol. The van der Waals surface area contributed by atoms with Gasteiger partial charge in [-0.15, -0.1) is 0 Å². The van der Waals surface area contributed by atoms with Gasteiger partial charge in [0.25, 0.3) is 5.56 Å². The van der Waals surface area contributed by atoms with Crippen LogP contribution in [0.2, 0.25) is 0 Å². The molecule has 0 bridgehead atoms. The second-order valence-corrected chi connectivity index (χ2v) is 4.28. The van der Waals surface area contributed by atoms with E-state index in [1.54, 1.807) is 6.07 Å². The lowest BCUT2D eigenvalue weighted by molar-refractivity contribution is -0.116. The molecule has 3 N–H and O–H groups in total. The molecule has 0 spiro atoms. The van der Waals surface area contributed by atoms with Gasteiger partial charge < -0.3 is 15.6 Å². The van der Waals surface area contributed by atoms with E-state index in [2.05, 4.69) is 5.32 Å². The number of pyridine rings is 1. The van der Waals surface area contributed by atoms with Crippen molar-refractivity contribution in [3.63, 3.8) is 0 Å². The Labute approximate surface area is 119 Å². The molecule has 1 aromatic heterocycles. The van der Waals surface area contributed by atoms with E-state index in [1.807, 2.05) is 0 Å². The van der Waals surface area contributed by atoms with Crippen LogP contribution >= 0.6 is 0 Å². The molecule has 0 atom stereocenters. The van der Waals surface area contributed by atoms with Gasteiger partial charge in [0.05, 0.1) is 17.3 Å². The number of carbonyl (C=O) groups is 1. The quantitative estimate of drug-likeness (QED) is 0.881. The Morgan fingerprint density at radius 3 is 2.81 bits per heavy atom. The number of amides is 1. The van der Waals surface area contributed by atoms with Crippen LogP contribution in [0.15, 0.2) is 41.3 Å². The predicted molar refractivity (Wildman–Crippen MR) is 74.9 cm³/mol. The van der Waals surface area contributed by atoms with E-state index < -0.39 is 11.7 Å². The number of anilines is 2. The third kappa shape index (κ3) is 3.45. The summed E-state index contributed by atoms with van der Waals surface area (Å²) >= 11 is 0. The average molecular weight is 286 g/mol. The summed E-state index contributed by atoms with van der Waals surface area (Å²) in [5.74, 6) is -1.30. The maximum atomic E-state index is 13.6. The molecule has 2 aromatic rings. The number of carbonyl (C=O) groups excluding carboxylic acids is 1. The van der Waals surface area contributed by atoms with Crippen LogP contribution in [0, 0.1) is 17.1 Å². The summed E-state index contributed by atoms with van der Waals surface area (Å²) in [5, 5.41) is 11.0. The number of rotatable bonds is 3. The average Bonchev–Trinajstić information content (AvgIpc) is 2.45. The summed E-state index contributed by atoms with van der Waals surface area (Å²) in [6.07, 6.45) is 1.33. The van der Waals surface area contributed by atoms with Crippen LogP contribution < -0.4 is 16.6 Å². The fourth-order valence-electron chi connectivity index (χ4n) is 1.70. The molecule has 0 aliphatic carbocycles. The van der Waals surface area contributed by atoms with Crippen molar-refractivity contribution in [2.75, 3.05) is 11.1 Å². The second-order valence-electron chi connectivity index (χ2n) is 4.28. The van der Waals surface area contributed by atoms with Crippen LogP contribution in [-0.4, -0.2) is 10.5 Å². The monoisotopic (exact) mass is 286 g/mol. The van der Waals surface area contributed by atoms with Crippen LogP contribution in [0.5, 0.6) is 0 Å². The summed E-state index contributed by atoms with van der Waals surface area (Å²) in [5.41, 5.74) is 5.57. The number of nitrogen functional groups attached to an aromatic ring is 1. The van der Waals surface area contributed by atoms with Crippen molar-refractivity contribution in [2.24, 2.45) is 0 Å². The van der Waals surface area contributed by atoms with Crippen molar-refractivity contribution in [3.8, 4) is 6.07 Å². The van der Waals surface area contributed by atoms with Gasteiger partial charge in [-0.1, -0.05) is 0 Å². The second kappa shape index (κ2) is 5.88. The number of aromatic nitrogens is 1. The van der Waals surface area contributed by atoms with Crippen molar-refractivity contribution in [1.29, 1.82) is 5.26 Å². The summed E-state index contributed by atoms with van der Waals surface area (Å²) in [6.45, 7) is -0.288. The summed E-state index contributed by atoms with van der Waals surface area (Å²) in [6, 6.07) is 8.14. The van der Waals surface area contributed by atoms with Gasteiger partial charge >= 0.3 is 0 Å². The lowest BCUT2D eigenvalue weighted by atomic mass is 10.2. The highest BCUT2D eigenvalue weighted by Gasteiger charge is 2.09. The Hall–Kier alpha value is -3.14. The molecule has 0 saturated carbocycles. The van der Waals surface area contributed by atoms with Gasteiger partial charge in [0.1, 0.15) is 12.4 Å². The highest BCUT2D eigenvalue weighted by atomic mass is 19.1. The smallest absolute Gasteiger partial charge is 0.251 e. The molecule has 106 valence electrons. The van der Waals surface area contributed by atoms with E-state index in [4.69, 9.17) is 11.0 Å². The van der Waals surface area contributed by atoms with Crippen LogP contribution in [0.1, 0.15) is 5.56 Å². The summed E-state index contributed by atoms with van der Waals surface area (Å²) in [7, 11) is 0. The fraction of sp³-hybridized carbons (Fsp3) is 0.0714. The van der Waals surface area contributed by atoms with Crippen LogP contribution in [0.3, 0.4) is 0 Å². The minimum absolute atomic E-state index is 0.0593. The maximum absolute atomic E-state index is 13.6. The van der Waals surface area contributed by atoms with Crippen LogP contribution in [0.4, 0.5) is 15.8 Å². The van der Waals surface area contributed by atoms with E-state index in [9.17, 15) is 14.0 Å². The summed E-state index contributed by atoms with van der Waals surface area (Å²) < 4.78 is 14.7. The molecule has 0 fully saturated rings. The highest BCUT2D eigenvalue weighted by molar-refractivity contribution is 5.90. The first-order chi connectivity index (χ1) is 9.99. The molecule has 0 aliphatic heterocycles. The third-order valence-corrected chi connectivity index (χ3v) is 2.69. The number of hydrogen-bond donors (Lipinski definition) is 2.